The molecule has 0 aliphatic carbocycles. The molecule has 0 bridgehead atoms. The fourth-order valence-electron chi connectivity index (χ4n) is 0.684. The van der Waals surface area contributed by atoms with E-state index in [4.69, 9.17) is 16.5 Å². The molecule has 0 unspecified atom stereocenters. The van der Waals surface area contributed by atoms with Gasteiger partial charge in [0.1, 0.15) is 0 Å². The summed E-state index contributed by atoms with van der Waals surface area (Å²) >= 11 is 5.53. The minimum Gasteiger partial charge on any atom is -0.440 e. The Kier molecular flexibility index (Phi) is 4.66. The number of nitrogens with zero attached hydrogens (tertiary/aromatic N) is 1. The van der Waals surface area contributed by atoms with Crippen LogP contribution in [0.2, 0.25) is 0 Å². The zero-order valence-electron chi connectivity index (χ0n) is 7.33. The summed E-state index contributed by atoms with van der Waals surface area (Å²) in [5.74, 6) is -0.793. The van der Waals surface area contributed by atoms with E-state index < -0.39 is 12.2 Å². The maximum absolute atomic E-state index is 10.7. The van der Waals surface area contributed by atoms with Crippen LogP contribution in [0.5, 0.6) is 0 Å². The highest BCUT2D eigenvalue weighted by Crippen LogP contribution is 2.09. The number of esters is 1. The van der Waals surface area contributed by atoms with E-state index in [-0.39, 0.29) is 5.91 Å². The van der Waals surface area contributed by atoms with Crippen molar-refractivity contribution >= 4 is 23.7 Å². The Labute approximate surface area is 76.5 Å². The van der Waals surface area contributed by atoms with Crippen molar-refractivity contribution in [3.63, 3.8) is 0 Å². The highest BCUT2D eigenvalue weighted by Gasteiger charge is 2.19. The van der Waals surface area contributed by atoms with Gasteiger partial charge in [-0.25, -0.2) is 4.42 Å². The van der Waals surface area contributed by atoms with Gasteiger partial charge in [0.05, 0.1) is 0 Å². The molecule has 1 amide bonds. The topological polar surface area (TPSA) is 46.6 Å². The lowest BCUT2D eigenvalue weighted by molar-refractivity contribution is -0.155. The van der Waals surface area contributed by atoms with Gasteiger partial charge in [-0.1, -0.05) is 6.92 Å². The molecule has 1 atom stereocenters. The molecule has 5 heteroatoms. The van der Waals surface area contributed by atoms with Crippen LogP contribution in [0, 0.1) is 0 Å². The summed E-state index contributed by atoms with van der Waals surface area (Å²) in [5.41, 5.74) is 0. The number of amides is 1. The van der Waals surface area contributed by atoms with Gasteiger partial charge >= 0.3 is 5.97 Å². The third-order valence-corrected chi connectivity index (χ3v) is 1.66. The molecule has 0 aromatic rings. The molecule has 0 aromatic heterocycles. The number of ether oxygens (including phenoxy) is 1. The number of halogens is 1. The molecule has 70 valence electrons. The van der Waals surface area contributed by atoms with E-state index in [1.807, 2.05) is 0 Å². The summed E-state index contributed by atoms with van der Waals surface area (Å²) in [5, 5.41) is 0. The molecule has 0 spiro atoms. The second-order valence-electron chi connectivity index (χ2n) is 2.30. The first-order valence-corrected chi connectivity index (χ1v) is 3.95. The monoisotopic (exact) mass is 193 g/mol. The van der Waals surface area contributed by atoms with Crippen LogP contribution in [0.1, 0.15) is 27.2 Å². The van der Waals surface area contributed by atoms with E-state index >= 15 is 0 Å². The molecule has 0 saturated heterocycles. The average molecular weight is 194 g/mol. The zero-order chi connectivity index (χ0) is 9.72. The van der Waals surface area contributed by atoms with Crippen LogP contribution >= 0.6 is 11.8 Å². The van der Waals surface area contributed by atoms with E-state index in [9.17, 15) is 9.59 Å². The highest BCUT2D eigenvalue weighted by atomic mass is 35.5. The largest absolute Gasteiger partial charge is 0.440 e. The number of hydrogen-bond acceptors (Lipinski definition) is 3. The summed E-state index contributed by atoms with van der Waals surface area (Å²) in [7, 11) is 0. The Morgan fingerprint density at radius 2 is 2.00 bits per heavy atom. The summed E-state index contributed by atoms with van der Waals surface area (Å²) in [6.45, 7) is 4.35. The van der Waals surface area contributed by atoms with Crippen LogP contribution in [0.4, 0.5) is 0 Å². The molecule has 0 aliphatic rings. The summed E-state index contributed by atoms with van der Waals surface area (Å²) in [6, 6.07) is 0. The normalized spacial score (nSPS) is 12.0. The van der Waals surface area contributed by atoms with E-state index in [1.54, 1.807) is 6.92 Å². The molecule has 12 heavy (non-hydrogen) atoms. The van der Waals surface area contributed by atoms with Gasteiger partial charge in [0, 0.05) is 32.0 Å². The first-order chi connectivity index (χ1) is 5.49. The Hall–Kier alpha value is -0.770. The molecule has 0 aliphatic heterocycles. The first-order valence-electron chi connectivity index (χ1n) is 3.61. The van der Waals surface area contributed by atoms with Crippen molar-refractivity contribution < 1.29 is 14.3 Å². The molecule has 0 rings (SSSR count). The van der Waals surface area contributed by atoms with Gasteiger partial charge < -0.3 is 4.74 Å². The Bertz CT molecular complexity index is 183. The van der Waals surface area contributed by atoms with Crippen LogP contribution in [0.25, 0.3) is 0 Å². The maximum atomic E-state index is 10.7. The summed E-state index contributed by atoms with van der Waals surface area (Å²) < 4.78 is 5.63. The Balaban J connectivity index is 4.14. The highest BCUT2D eigenvalue weighted by molar-refractivity contribution is 6.21. The van der Waals surface area contributed by atoms with Gasteiger partial charge in [0.15, 0.2) is 6.23 Å². The van der Waals surface area contributed by atoms with Crippen molar-refractivity contribution in [2.75, 3.05) is 0 Å². The second kappa shape index (κ2) is 4.98. The van der Waals surface area contributed by atoms with Crippen LogP contribution in [-0.4, -0.2) is 22.5 Å². The van der Waals surface area contributed by atoms with Crippen LogP contribution in [0.15, 0.2) is 0 Å². The second-order valence-corrected chi connectivity index (χ2v) is 2.67. The predicted octanol–water partition coefficient (Wildman–Crippen LogP) is 1.29. The fraction of sp³-hybridized carbons (Fsp3) is 0.714. The number of carbonyl (C=O) groups excluding carboxylic acids is 2. The van der Waals surface area contributed by atoms with Gasteiger partial charge in [0.25, 0.3) is 0 Å². The number of carbonyl (C=O) groups is 2. The zero-order valence-corrected chi connectivity index (χ0v) is 8.09. The standard InChI is InChI=1S/C7H12ClNO3/c1-4-7(12-6(3)11)9(8)5(2)10/h7H,4H2,1-3H3/t7-/m0/s1. The smallest absolute Gasteiger partial charge is 0.304 e. The lowest BCUT2D eigenvalue weighted by Gasteiger charge is -2.21. The molecule has 0 saturated carbocycles. The predicted molar refractivity (Wildman–Crippen MR) is 44.2 cm³/mol. The SMILES string of the molecule is CC[C@H](OC(C)=O)N(Cl)C(C)=O. The lowest BCUT2D eigenvalue weighted by Crippen LogP contribution is -2.34. The van der Waals surface area contributed by atoms with Gasteiger partial charge in [-0.3, -0.25) is 9.59 Å². The van der Waals surface area contributed by atoms with Gasteiger partial charge in [-0.15, -0.1) is 0 Å². The average Bonchev–Trinajstić information content (AvgIpc) is 1.98. The maximum Gasteiger partial charge on any atom is 0.304 e. The van der Waals surface area contributed by atoms with Crippen molar-refractivity contribution in [2.45, 2.75) is 33.4 Å². The van der Waals surface area contributed by atoms with Crippen molar-refractivity contribution in [1.29, 1.82) is 0 Å². The summed E-state index contributed by atoms with van der Waals surface area (Å²) in [6.07, 6.45) is -0.190. The third-order valence-electron chi connectivity index (χ3n) is 1.20. The molecule has 0 heterocycles. The van der Waals surface area contributed by atoms with Gasteiger partial charge in [0.2, 0.25) is 5.91 Å². The van der Waals surface area contributed by atoms with E-state index in [1.165, 1.54) is 13.8 Å². The summed E-state index contributed by atoms with van der Waals surface area (Å²) in [4.78, 5) is 21.2. The van der Waals surface area contributed by atoms with Crippen molar-refractivity contribution in [1.82, 2.24) is 4.42 Å². The molecule has 0 aromatic carbocycles. The van der Waals surface area contributed by atoms with Gasteiger partial charge in [-0.2, -0.15) is 0 Å². The van der Waals surface area contributed by atoms with Gasteiger partial charge in [-0.05, 0) is 0 Å². The van der Waals surface area contributed by atoms with Crippen LogP contribution in [-0.2, 0) is 14.3 Å². The minimum absolute atomic E-state index is 0.343. The van der Waals surface area contributed by atoms with E-state index in [2.05, 4.69) is 0 Å². The lowest BCUT2D eigenvalue weighted by atomic mass is 10.4. The molecule has 0 fully saturated rings. The molecular weight excluding hydrogens is 182 g/mol. The van der Waals surface area contributed by atoms with Crippen molar-refractivity contribution in [3.05, 3.63) is 0 Å². The fourth-order valence-corrected chi connectivity index (χ4v) is 0.862. The van der Waals surface area contributed by atoms with E-state index in [0.29, 0.717) is 6.42 Å². The molecular formula is C7H12ClNO3. The Morgan fingerprint density at radius 3 is 2.25 bits per heavy atom. The first kappa shape index (κ1) is 11.2. The quantitative estimate of drug-likeness (QED) is 0.386. The molecule has 4 nitrogen and oxygen atoms in total. The number of hydrogen-bond donors (Lipinski definition) is 0. The van der Waals surface area contributed by atoms with E-state index in [0.717, 1.165) is 4.42 Å². The Morgan fingerprint density at radius 1 is 1.50 bits per heavy atom. The third kappa shape index (κ3) is 3.57. The van der Waals surface area contributed by atoms with Crippen molar-refractivity contribution in [2.24, 2.45) is 0 Å². The number of rotatable bonds is 3. The minimum atomic E-state index is -0.665. The van der Waals surface area contributed by atoms with Crippen molar-refractivity contribution in [3.8, 4) is 0 Å². The van der Waals surface area contributed by atoms with Crippen LogP contribution in [0.3, 0.4) is 0 Å². The van der Waals surface area contributed by atoms with Crippen LogP contribution < -0.4 is 0 Å². The molecule has 0 radical (unpaired) electrons. The molecule has 0 N–H and O–H groups in total.